The Hall–Kier alpha value is -4.30. The lowest BCUT2D eigenvalue weighted by molar-refractivity contribution is -0.185. The second kappa shape index (κ2) is 18.1. The number of benzene rings is 2. The molecule has 0 aromatic heterocycles. The van der Waals surface area contributed by atoms with Gasteiger partial charge in [-0.15, -0.1) is 0 Å². The van der Waals surface area contributed by atoms with Crippen LogP contribution in [0.3, 0.4) is 0 Å². The molecule has 0 bridgehead atoms. The lowest BCUT2D eigenvalue weighted by atomic mass is 9.47. The van der Waals surface area contributed by atoms with Crippen molar-refractivity contribution in [2.24, 2.45) is 34.5 Å². The smallest absolute Gasteiger partial charge is 0.335 e. The Morgan fingerprint density at radius 3 is 1.93 bits per heavy atom. The number of aliphatic hydroxyl groups is 2. The van der Waals surface area contributed by atoms with Crippen molar-refractivity contribution in [3.63, 3.8) is 0 Å². The molecule has 5 aliphatic rings. The number of carboxylic acid groups (broad SMARTS) is 2. The average Bonchev–Trinajstić information content (AvgIpc) is 3.47. The number of hydrogen-bond donors (Lipinski definition) is 4. The number of para-hydroxylation sites is 2. The van der Waals surface area contributed by atoms with E-state index in [9.17, 15) is 24.0 Å². The molecular weight excluding hydrogens is 773 g/mol. The second-order valence-electron chi connectivity index (χ2n) is 17.6. The fourth-order valence-corrected chi connectivity index (χ4v) is 11.8. The van der Waals surface area contributed by atoms with Crippen LogP contribution in [0.4, 0.5) is 11.4 Å². The van der Waals surface area contributed by atoms with Gasteiger partial charge in [0.05, 0.1) is 11.4 Å². The number of anilines is 2. The van der Waals surface area contributed by atoms with E-state index in [4.69, 9.17) is 25.2 Å². The van der Waals surface area contributed by atoms with Crippen LogP contribution >= 0.6 is 11.8 Å². The number of esters is 1. The van der Waals surface area contributed by atoms with E-state index in [1.165, 1.54) is 39.2 Å². The van der Waals surface area contributed by atoms with Crippen molar-refractivity contribution in [3.05, 3.63) is 71.8 Å². The molecule has 9 unspecified atom stereocenters. The molecule has 2 aromatic rings. The zero-order chi connectivity index (χ0) is 43.6. The van der Waals surface area contributed by atoms with Crippen LogP contribution in [0.25, 0.3) is 0 Å². The number of carbonyl (C=O) groups is 5. The predicted molar refractivity (Wildman–Crippen MR) is 225 cm³/mol. The summed E-state index contributed by atoms with van der Waals surface area (Å²) in [6, 6.07) is 17.4. The molecule has 320 valence electrons. The van der Waals surface area contributed by atoms with Gasteiger partial charge in [-0.25, -0.2) is 9.59 Å². The number of rotatable bonds is 9. The largest absolute Gasteiger partial charge is 0.479 e. The molecule has 2 aromatic carbocycles. The number of ether oxygens (including phenoxy) is 1. The number of aliphatic hydroxyl groups excluding tert-OH is 2. The maximum Gasteiger partial charge on any atom is 0.335 e. The van der Waals surface area contributed by atoms with E-state index in [0.29, 0.717) is 36.5 Å². The van der Waals surface area contributed by atoms with E-state index < -0.39 is 29.7 Å². The van der Waals surface area contributed by atoms with Gasteiger partial charge in [-0.1, -0.05) is 68.4 Å². The summed E-state index contributed by atoms with van der Waals surface area (Å²) < 4.78 is 5.82. The number of ketones is 2. The van der Waals surface area contributed by atoms with E-state index >= 15 is 0 Å². The van der Waals surface area contributed by atoms with Crippen molar-refractivity contribution in [2.75, 3.05) is 32.1 Å². The van der Waals surface area contributed by atoms with Crippen molar-refractivity contribution in [1.82, 2.24) is 4.90 Å². The molecule has 0 radical (unpaired) electrons. The lowest BCUT2D eigenvalue weighted by Gasteiger charge is -2.58. The minimum Gasteiger partial charge on any atom is -0.479 e. The number of hydrogen-bond acceptors (Lipinski definition) is 11. The molecule has 0 amide bonds. The number of nitrogens with zero attached hydrogens (tertiary/aromatic N) is 2. The van der Waals surface area contributed by atoms with Crippen LogP contribution in [0.1, 0.15) is 80.1 Å². The molecule has 2 fully saturated rings. The Morgan fingerprint density at radius 2 is 1.42 bits per heavy atom. The summed E-state index contributed by atoms with van der Waals surface area (Å²) in [7, 11) is 4.29. The van der Waals surface area contributed by atoms with E-state index in [2.05, 4.69) is 106 Å². The first-order valence-corrected chi connectivity index (χ1v) is 21.2. The SMILES string of the molecule is CC(=O)OC1(C(C)=O)CCC2C3C=C(C)C4=CC(=O)CCC4(C)C3CCC21C.CC(CN(C)C)CN1c2ccccc2Sc2ccccc21.O=C(O)C(O)C(O)C(=O)O. The highest BCUT2D eigenvalue weighted by Gasteiger charge is 2.67. The number of carbonyl (C=O) groups excluding carboxylic acids is 3. The molecule has 4 aliphatic carbocycles. The third kappa shape index (κ3) is 9.08. The van der Waals surface area contributed by atoms with Crippen LogP contribution < -0.4 is 4.90 Å². The molecule has 1 aliphatic heterocycles. The fourth-order valence-electron chi connectivity index (χ4n) is 10.7. The maximum absolute atomic E-state index is 12.8. The maximum atomic E-state index is 12.8. The Balaban J connectivity index is 0.000000188. The van der Waals surface area contributed by atoms with Gasteiger partial charge in [0.1, 0.15) is 0 Å². The summed E-state index contributed by atoms with van der Waals surface area (Å²) in [5.74, 6) is -1.89. The van der Waals surface area contributed by atoms with Crippen LogP contribution in [0.2, 0.25) is 0 Å². The van der Waals surface area contributed by atoms with Gasteiger partial charge in [0.15, 0.2) is 29.4 Å². The summed E-state index contributed by atoms with van der Waals surface area (Å²) >= 11 is 1.88. The molecule has 2 saturated carbocycles. The molecule has 0 spiro atoms. The van der Waals surface area contributed by atoms with Crippen LogP contribution in [-0.2, 0) is 28.7 Å². The number of carboxylic acids is 2. The quantitative estimate of drug-likeness (QED) is 0.191. The van der Waals surface area contributed by atoms with Crippen LogP contribution in [0, 0.1) is 34.5 Å². The molecular formula is C46H60N2O10S. The van der Waals surface area contributed by atoms with Crippen molar-refractivity contribution in [3.8, 4) is 0 Å². The third-order valence-corrected chi connectivity index (χ3v) is 14.5. The normalized spacial score (nSPS) is 29.1. The highest BCUT2D eigenvalue weighted by Crippen LogP contribution is 2.68. The zero-order valence-electron chi connectivity index (χ0n) is 35.4. The van der Waals surface area contributed by atoms with E-state index in [-0.39, 0.29) is 28.4 Å². The van der Waals surface area contributed by atoms with Crippen LogP contribution in [0.5, 0.6) is 0 Å². The average molecular weight is 833 g/mol. The molecule has 13 heteroatoms. The summed E-state index contributed by atoms with van der Waals surface area (Å²) in [6.45, 7) is 14.1. The van der Waals surface area contributed by atoms with Crippen molar-refractivity contribution in [1.29, 1.82) is 0 Å². The highest BCUT2D eigenvalue weighted by atomic mass is 32.2. The van der Waals surface area contributed by atoms with Crippen molar-refractivity contribution >= 4 is 52.6 Å². The third-order valence-electron chi connectivity index (χ3n) is 13.3. The second-order valence-corrected chi connectivity index (χ2v) is 18.7. The Bertz CT molecular complexity index is 1950. The minimum atomic E-state index is -2.27. The lowest BCUT2D eigenvalue weighted by Crippen LogP contribution is -2.58. The van der Waals surface area contributed by atoms with Gasteiger partial charge in [0, 0.05) is 41.6 Å². The monoisotopic (exact) mass is 832 g/mol. The molecule has 4 N–H and O–H groups in total. The number of allylic oxidation sites excluding steroid dienone is 4. The van der Waals surface area contributed by atoms with Gasteiger partial charge in [-0.3, -0.25) is 14.4 Å². The van der Waals surface area contributed by atoms with Gasteiger partial charge in [0.2, 0.25) is 0 Å². The number of aliphatic carboxylic acids is 2. The number of Topliss-reactive ketones (excluding diaryl/α,β-unsaturated/α-hetero) is 1. The summed E-state index contributed by atoms with van der Waals surface area (Å²) in [6.07, 6.45) is 4.66. The summed E-state index contributed by atoms with van der Waals surface area (Å²) in [4.78, 5) is 63.8. The Kier molecular flexibility index (Phi) is 14.1. The van der Waals surface area contributed by atoms with E-state index in [1.54, 1.807) is 6.92 Å². The Morgan fingerprint density at radius 1 is 0.881 bits per heavy atom. The molecule has 59 heavy (non-hydrogen) atoms. The standard InChI is InChI=1S/C24H32O4.C18H22N2S.C4H6O6/c1-14-12-18-19(22(4)9-6-17(27)13-21(14)22)7-10-23(5)20(18)8-11-24(23,15(2)25)28-16(3)26;1-14(12-19(2)3)13-20-15-8-4-6-10-17(15)21-18-11-7-5-9-16(18)20;5-1(3(7)8)2(6)4(9)10/h12-13,18-20H,6-11H2,1-5H3;4-11,14H,12-13H2,1-3H3;1-2,5-6H,(H,7,8)(H,9,10). The first-order chi connectivity index (χ1) is 27.7. The van der Waals surface area contributed by atoms with Gasteiger partial charge < -0.3 is 35.0 Å². The summed E-state index contributed by atoms with van der Waals surface area (Å²) in [5, 5.41) is 32.5. The van der Waals surface area contributed by atoms with Crippen LogP contribution in [-0.4, -0.2) is 99.8 Å². The van der Waals surface area contributed by atoms with Crippen molar-refractivity contribution < 1.29 is 49.1 Å². The van der Waals surface area contributed by atoms with Gasteiger partial charge in [0.25, 0.3) is 0 Å². The predicted octanol–water partition coefficient (Wildman–Crippen LogP) is 6.94. The molecule has 9 atom stereocenters. The van der Waals surface area contributed by atoms with Gasteiger partial charge >= 0.3 is 17.9 Å². The number of fused-ring (bicyclic) bond motifs is 7. The van der Waals surface area contributed by atoms with Crippen molar-refractivity contribution in [2.45, 2.75) is 108 Å². The molecule has 12 nitrogen and oxygen atoms in total. The van der Waals surface area contributed by atoms with E-state index in [1.807, 2.05) is 17.8 Å². The van der Waals surface area contributed by atoms with Crippen LogP contribution in [0.15, 0.2) is 81.6 Å². The zero-order valence-corrected chi connectivity index (χ0v) is 36.3. The van der Waals surface area contributed by atoms with Gasteiger partial charge in [-0.05, 0) is 125 Å². The highest BCUT2D eigenvalue weighted by molar-refractivity contribution is 7.99. The fraction of sp³-hybridized carbons (Fsp3) is 0.543. The topological polar surface area (TPSA) is 182 Å². The minimum absolute atomic E-state index is 0.0160. The van der Waals surface area contributed by atoms with Gasteiger partial charge in [-0.2, -0.15) is 0 Å². The first-order valence-electron chi connectivity index (χ1n) is 20.4. The summed E-state index contributed by atoms with van der Waals surface area (Å²) in [5.41, 5.74) is 3.83. The molecule has 1 heterocycles. The van der Waals surface area contributed by atoms with E-state index in [0.717, 1.165) is 38.8 Å². The first kappa shape index (κ1) is 45.8. The molecule has 0 saturated heterocycles. The Labute approximate surface area is 351 Å². The molecule has 7 rings (SSSR count).